The van der Waals surface area contributed by atoms with Crippen molar-refractivity contribution >= 4 is 27.5 Å². The van der Waals surface area contributed by atoms with Crippen molar-refractivity contribution in [3.05, 3.63) is 24.3 Å². The van der Waals surface area contributed by atoms with Gasteiger partial charge in [-0.1, -0.05) is 6.92 Å². The summed E-state index contributed by atoms with van der Waals surface area (Å²) in [5, 5.41) is 2.69. The maximum Gasteiger partial charge on any atom is 0.243 e. The van der Waals surface area contributed by atoms with Gasteiger partial charge in [0, 0.05) is 31.2 Å². The third-order valence-electron chi connectivity index (χ3n) is 3.98. The zero-order valence-corrected chi connectivity index (χ0v) is 15.7. The van der Waals surface area contributed by atoms with Crippen LogP contribution in [0, 0.1) is 0 Å². The third-order valence-corrected chi connectivity index (χ3v) is 5.92. The lowest BCUT2D eigenvalue weighted by molar-refractivity contribution is -0.121. The topological polar surface area (TPSA) is 86.8 Å². The minimum absolute atomic E-state index is 0.0498. The van der Waals surface area contributed by atoms with Gasteiger partial charge in [-0.25, -0.2) is 8.42 Å². The largest absolute Gasteiger partial charge is 0.353 e. The van der Waals surface area contributed by atoms with Gasteiger partial charge in [0.25, 0.3) is 0 Å². The van der Waals surface area contributed by atoms with Gasteiger partial charge in [-0.3, -0.25) is 9.59 Å². The molecule has 25 heavy (non-hydrogen) atoms. The second-order valence-corrected chi connectivity index (χ2v) is 8.23. The quantitative estimate of drug-likeness (QED) is 0.788. The standard InChI is InChI=1S/C17H25N3O4S/c1-4-19(12-16(21)18-13(2)3)25(23,24)15-9-7-14(8-10-15)20-11-5-6-17(20)22/h7-10,13H,4-6,11-12H2,1-3H3,(H,18,21). The summed E-state index contributed by atoms with van der Waals surface area (Å²) in [5.74, 6) is -0.282. The molecule has 0 radical (unpaired) electrons. The average molecular weight is 367 g/mol. The van der Waals surface area contributed by atoms with E-state index in [0.717, 1.165) is 10.7 Å². The number of carbonyl (C=O) groups excluding carboxylic acids is 2. The van der Waals surface area contributed by atoms with E-state index >= 15 is 0 Å². The van der Waals surface area contributed by atoms with Crippen molar-refractivity contribution in [3.63, 3.8) is 0 Å². The van der Waals surface area contributed by atoms with Crippen LogP contribution < -0.4 is 10.2 Å². The smallest absolute Gasteiger partial charge is 0.243 e. The lowest BCUT2D eigenvalue weighted by Gasteiger charge is -2.21. The Kier molecular flexibility index (Phi) is 6.18. The molecule has 0 aromatic heterocycles. The van der Waals surface area contributed by atoms with Crippen LogP contribution in [0.4, 0.5) is 5.69 Å². The molecule has 2 amide bonds. The highest BCUT2D eigenvalue weighted by Crippen LogP contribution is 2.24. The number of sulfonamides is 1. The van der Waals surface area contributed by atoms with Crippen LogP contribution in [0.5, 0.6) is 0 Å². The first-order valence-electron chi connectivity index (χ1n) is 8.45. The van der Waals surface area contributed by atoms with Crippen LogP contribution >= 0.6 is 0 Å². The summed E-state index contributed by atoms with van der Waals surface area (Å²) in [6.07, 6.45) is 1.34. The van der Waals surface area contributed by atoms with Gasteiger partial charge in [0.1, 0.15) is 0 Å². The maximum atomic E-state index is 12.7. The molecule has 1 aliphatic rings. The van der Waals surface area contributed by atoms with Crippen molar-refractivity contribution in [2.75, 3.05) is 24.5 Å². The van der Waals surface area contributed by atoms with Crippen molar-refractivity contribution in [2.24, 2.45) is 0 Å². The van der Waals surface area contributed by atoms with Crippen molar-refractivity contribution < 1.29 is 18.0 Å². The Bertz CT molecular complexity index is 729. The number of nitrogens with one attached hydrogen (secondary N) is 1. The fraction of sp³-hybridized carbons (Fsp3) is 0.529. The van der Waals surface area contributed by atoms with Crippen LogP contribution in [0.1, 0.15) is 33.6 Å². The maximum absolute atomic E-state index is 12.7. The second-order valence-electron chi connectivity index (χ2n) is 6.30. The highest BCUT2D eigenvalue weighted by molar-refractivity contribution is 7.89. The van der Waals surface area contributed by atoms with Gasteiger partial charge in [-0.05, 0) is 44.5 Å². The minimum Gasteiger partial charge on any atom is -0.353 e. The predicted octanol–water partition coefficient (Wildman–Crippen LogP) is 1.35. The van der Waals surface area contributed by atoms with Crippen molar-refractivity contribution in [2.45, 2.75) is 44.6 Å². The van der Waals surface area contributed by atoms with Crippen molar-refractivity contribution in [1.82, 2.24) is 9.62 Å². The molecule has 1 N–H and O–H groups in total. The Balaban J connectivity index is 2.16. The number of amides is 2. The lowest BCUT2D eigenvalue weighted by atomic mass is 10.3. The Labute approximate surface area is 149 Å². The third kappa shape index (κ3) is 4.58. The zero-order valence-electron chi connectivity index (χ0n) is 14.9. The normalized spacial score (nSPS) is 15.2. The summed E-state index contributed by atoms with van der Waals surface area (Å²) in [4.78, 5) is 25.4. The van der Waals surface area contributed by atoms with Gasteiger partial charge in [0.2, 0.25) is 21.8 Å². The fourth-order valence-corrected chi connectivity index (χ4v) is 4.17. The van der Waals surface area contributed by atoms with Gasteiger partial charge in [-0.15, -0.1) is 0 Å². The summed E-state index contributed by atoms with van der Waals surface area (Å²) in [6.45, 7) is 5.96. The number of hydrogen-bond donors (Lipinski definition) is 1. The summed E-state index contributed by atoms with van der Waals surface area (Å²) >= 11 is 0. The highest BCUT2D eigenvalue weighted by Gasteiger charge is 2.26. The Morgan fingerprint density at radius 2 is 1.92 bits per heavy atom. The number of likely N-dealkylation sites (N-methyl/N-ethyl adjacent to an activating group) is 1. The first-order valence-corrected chi connectivity index (χ1v) is 9.89. The van der Waals surface area contributed by atoms with Crippen molar-refractivity contribution in [1.29, 1.82) is 0 Å². The molecule has 0 atom stereocenters. The van der Waals surface area contributed by atoms with E-state index in [1.165, 1.54) is 12.1 Å². The number of anilines is 1. The van der Waals surface area contributed by atoms with E-state index < -0.39 is 10.0 Å². The van der Waals surface area contributed by atoms with Gasteiger partial charge < -0.3 is 10.2 Å². The Hall–Kier alpha value is -1.93. The van der Waals surface area contributed by atoms with E-state index in [1.54, 1.807) is 24.0 Å². The van der Waals surface area contributed by atoms with E-state index in [2.05, 4.69) is 5.32 Å². The van der Waals surface area contributed by atoms with Crippen LogP contribution in [-0.2, 0) is 19.6 Å². The second kappa shape index (κ2) is 7.97. The molecule has 1 aliphatic heterocycles. The molecular weight excluding hydrogens is 342 g/mol. The number of carbonyl (C=O) groups is 2. The van der Waals surface area contributed by atoms with E-state index in [-0.39, 0.29) is 35.8 Å². The summed E-state index contributed by atoms with van der Waals surface area (Å²) in [7, 11) is -3.77. The minimum atomic E-state index is -3.77. The molecule has 1 aromatic carbocycles. The first-order chi connectivity index (χ1) is 11.8. The molecule has 1 fully saturated rings. The van der Waals surface area contributed by atoms with Crippen LogP contribution in [0.15, 0.2) is 29.2 Å². The average Bonchev–Trinajstić information content (AvgIpc) is 2.98. The van der Waals surface area contributed by atoms with Crippen LogP contribution in [0.25, 0.3) is 0 Å². The van der Waals surface area contributed by atoms with E-state index in [9.17, 15) is 18.0 Å². The Morgan fingerprint density at radius 3 is 2.40 bits per heavy atom. The number of rotatable bonds is 7. The number of nitrogens with zero attached hydrogens (tertiary/aromatic N) is 2. The molecule has 138 valence electrons. The van der Waals surface area contributed by atoms with Gasteiger partial charge >= 0.3 is 0 Å². The van der Waals surface area contributed by atoms with E-state index in [4.69, 9.17) is 0 Å². The number of hydrogen-bond acceptors (Lipinski definition) is 4. The predicted molar refractivity (Wildman–Crippen MR) is 95.7 cm³/mol. The molecule has 0 unspecified atom stereocenters. The summed E-state index contributed by atoms with van der Waals surface area (Å²) in [6, 6.07) is 6.20. The van der Waals surface area contributed by atoms with E-state index in [0.29, 0.717) is 18.7 Å². The fourth-order valence-electron chi connectivity index (χ4n) is 2.76. The molecule has 2 rings (SSSR count). The highest BCUT2D eigenvalue weighted by atomic mass is 32.2. The molecule has 0 spiro atoms. The first kappa shape index (κ1) is 19.4. The SMILES string of the molecule is CCN(CC(=O)NC(C)C)S(=O)(=O)c1ccc(N2CCCC2=O)cc1. The molecule has 8 heteroatoms. The summed E-state index contributed by atoms with van der Waals surface area (Å²) in [5.41, 5.74) is 0.696. The Morgan fingerprint density at radius 1 is 1.28 bits per heavy atom. The van der Waals surface area contributed by atoms with Gasteiger partial charge in [0.15, 0.2) is 0 Å². The van der Waals surface area contributed by atoms with Gasteiger partial charge in [0.05, 0.1) is 11.4 Å². The molecule has 7 nitrogen and oxygen atoms in total. The molecule has 1 aromatic rings. The summed E-state index contributed by atoms with van der Waals surface area (Å²) < 4.78 is 26.6. The van der Waals surface area contributed by atoms with Gasteiger partial charge in [-0.2, -0.15) is 4.31 Å². The lowest BCUT2D eigenvalue weighted by Crippen LogP contribution is -2.42. The molecule has 1 saturated heterocycles. The molecular formula is C17H25N3O4S. The molecule has 0 saturated carbocycles. The van der Waals surface area contributed by atoms with E-state index in [1.807, 2.05) is 13.8 Å². The van der Waals surface area contributed by atoms with Crippen LogP contribution in [-0.4, -0.2) is 50.2 Å². The molecule has 0 aliphatic carbocycles. The monoisotopic (exact) mass is 367 g/mol. The van der Waals surface area contributed by atoms with Crippen LogP contribution in [0.2, 0.25) is 0 Å². The zero-order chi connectivity index (χ0) is 18.6. The van der Waals surface area contributed by atoms with Crippen LogP contribution in [0.3, 0.4) is 0 Å². The number of benzene rings is 1. The molecule has 0 bridgehead atoms. The molecule has 1 heterocycles. The van der Waals surface area contributed by atoms with Crippen molar-refractivity contribution in [3.8, 4) is 0 Å².